The average molecular weight is 569 g/mol. The van der Waals surface area contributed by atoms with Gasteiger partial charge in [-0.3, -0.25) is 4.79 Å². The minimum absolute atomic E-state index is 0.00714. The summed E-state index contributed by atoms with van der Waals surface area (Å²) in [6, 6.07) is 0. The highest BCUT2D eigenvalue weighted by Crippen LogP contribution is 2.77. The second-order valence-electron chi connectivity index (χ2n) is 17.0. The molecule has 0 heterocycles. The minimum atomic E-state index is -0.214. The maximum atomic E-state index is 14.2. The van der Waals surface area contributed by atoms with Gasteiger partial charge in [0.25, 0.3) is 0 Å². The summed E-state index contributed by atoms with van der Waals surface area (Å²) in [6.07, 6.45) is 17.2. The highest BCUT2D eigenvalue weighted by molar-refractivity contribution is 5.83. The van der Waals surface area contributed by atoms with E-state index in [1.807, 2.05) is 0 Å². The molecule has 5 saturated carbocycles. The first kappa shape index (κ1) is 31.6. The number of carbonyl (C=O) groups is 1. The Bertz CT molecular complexity index is 991. The van der Waals surface area contributed by atoms with Gasteiger partial charge in [0, 0.05) is 6.54 Å². The van der Waals surface area contributed by atoms with E-state index in [1.165, 1.54) is 63.4 Å². The number of amides is 1. The van der Waals surface area contributed by atoms with Crippen LogP contribution in [0, 0.1) is 56.7 Å². The Balaban J connectivity index is 1.39. The van der Waals surface area contributed by atoms with E-state index in [2.05, 4.69) is 53.4 Å². The van der Waals surface area contributed by atoms with E-state index < -0.39 is 0 Å². The lowest BCUT2D eigenvalue weighted by Crippen LogP contribution is -2.67. The van der Waals surface area contributed by atoms with Crippen molar-refractivity contribution >= 4 is 5.91 Å². The third-order valence-corrected chi connectivity index (χ3v) is 15.2. The summed E-state index contributed by atoms with van der Waals surface area (Å²) in [5.41, 5.74) is 7.57. The van der Waals surface area contributed by atoms with Crippen LogP contribution in [0.4, 0.5) is 0 Å². The van der Waals surface area contributed by atoms with Crippen LogP contribution in [0.2, 0.25) is 0 Å². The molecule has 4 nitrogen and oxygen atoms in total. The van der Waals surface area contributed by atoms with E-state index >= 15 is 0 Å². The van der Waals surface area contributed by atoms with Gasteiger partial charge >= 0.3 is 0 Å². The smallest absolute Gasteiger partial charge is 0.226 e. The van der Waals surface area contributed by atoms with Crippen molar-refractivity contribution in [2.75, 3.05) is 13.1 Å². The molecule has 0 radical (unpaired) electrons. The van der Waals surface area contributed by atoms with Gasteiger partial charge in [0.15, 0.2) is 0 Å². The lowest BCUT2D eigenvalue weighted by Gasteiger charge is -2.72. The molecule has 41 heavy (non-hydrogen) atoms. The number of aliphatic hydroxyl groups is 1. The summed E-state index contributed by atoms with van der Waals surface area (Å²) in [5.74, 6) is 3.14. The Morgan fingerprint density at radius 1 is 0.829 bits per heavy atom. The summed E-state index contributed by atoms with van der Waals surface area (Å²) in [6.45, 7) is 21.0. The van der Waals surface area contributed by atoms with Crippen molar-refractivity contribution < 1.29 is 9.90 Å². The van der Waals surface area contributed by atoms with Gasteiger partial charge in [0.05, 0.1) is 11.5 Å². The first-order valence-electron chi connectivity index (χ1n) is 17.6. The van der Waals surface area contributed by atoms with Crippen molar-refractivity contribution in [1.82, 2.24) is 5.32 Å². The quantitative estimate of drug-likeness (QED) is 0.195. The van der Waals surface area contributed by atoms with Crippen LogP contribution in [0.1, 0.15) is 138 Å². The number of nitrogens with two attached hydrogens (primary N) is 1. The molecule has 4 unspecified atom stereocenters. The van der Waals surface area contributed by atoms with Crippen molar-refractivity contribution in [3.05, 3.63) is 12.2 Å². The monoisotopic (exact) mass is 568 g/mol. The second kappa shape index (κ2) is 11.2. The lowest BCUT2D eigenvalue weighted by atomic mass is 9.32. The number of hydrogen-bond acceptors (Lipinski definition) is 3. The molecule has 5 aliphatic carbocycles. The normalized spacial score (nSPS) is 46.5. The van der Waals surface area contributed by atoms with Crippen molar-refractivity contribution in [2.45, 2.75) is 144 Å². The van der Waals surface area contributed by atoms with Crippen molar-refractivity contribution in [2.24, 2.45) is 62.4 Å². The SMILES string of the molecule is C=C(C)[C@@H]1CC[C@]2(C(=O)NCCCCCCCN)CC[C@]3(C)C(CCC4[C@@]5(C)CC[C@H](O)C(C)(C)C5CC[C@]43C)C12. The van der Waals surface area contributed by atoms with Gasteiger partial charge in [-0.2, -0.15) is 0 Å². The summed E-state index contributed by atoms with van der Waals surface area (Å²) in [4.78, 5) is 14.2. The topological polar surface area (TPSA) is 75.4 Å². The van der Waals surface area contributed by atoms with Crippen LogP contribution < -0.4 is 11.1 Å². The fourth-order valence-corrected chi connectivity index (χ4v) is 12.7. The van der Waals surface area contributed by atoms with Gasteiger partial charge in [0.2, 0.25) is 5.91 Å². The molecule has 5 rings (SSSR count). The molecule has 1 amide bonds. The molecular formula is C37H64N2O2. The largest absolute Gasteiger partial charge is 0.393 e. The summed E-state index contributed by atoms with van der Waals surface area (Å²) in [5, 5.41) is 14.5. The van der Waals surface area contributed by atoms with Gasteiger partial charge in [-0.25, -0.2) is 0 Å². The van der Waals surface area contributed by atoms with Gasteiger partial charge in [0.1, 0.15) is 0 Å². The fraction of sp³-hybridized carbons (Fsp3) is 0.919. The Kier molecular flexibility index (Phi) is 8.65. The fourth-order valence-electron chi connectivity index (χ4n) is 12.7. The number of fused-ring (bicyclic) bond motifs is 7. The lowest BCUT2D eigenvalue weighted by molar-refractivity contribution is -0.246. The van der Waals surface area contributed by atoms with Crippen LogP contribution in [0.25, 0.3) is 0 Å². The zero-order valence-corrected chi connectivity index (χ0v) is 27.6. The number of allylic oxidation sites excluding steroid dienone is 1. The van der Waals surface area contributed by atoms with Crippen LogP contribution >= 0.6 is 0 Å². The number of nitrogens with one attached hydrogen (secondary N) is 1. The number of hydrogen-bond donors (Lipinski definition) is 3. The Morgan fingerprint density at radius 3 is 2.24 bits per heavy atom. The summed E-state index contributed by atoms with van der Waals surface area (Å²) >= 11 is 0. The minimum Gasteiger partial charge on any atom is -0.393 e. The van der Waals surface area contributed by atoms with Crippen LogP contribution in [-0.4, -0.2) is 30.2 Å². The van der Waals surface area contributed by atoms with E-state index in [0.29, 0.717) is 40.9 Å². The molecule has 234 valence electrons. The molecule has 0 bridgehead atoms. The molecule has 10 atom stereocenters. The molecule has 5 aliphatic rings. The van der Waals surface area contributed by atoms with Gasteiger partial charge in [-0.05, 0) is 142 Å². The zero-order valence-electron chi connectivity index (χ0n) is 27.6. The van der Waals surface area contributed by atoms with Crippen LogP contribution in [0.3, 0.4) is 0 Å². The highest BCUT2D eigenvalue weighted by atomic mass is 16.3. The molecule has 0 spiro atoms. The van der Waals surface area contributed by atoms with Crippen LogP contribution in [0.15, 0.2) is 12.2 Å². The molecule has 0 saturated heterocycles. The molecular weight excluding hydrogens is 504 g/mol. The van der Waals surface area contributed by atoms with E-state index in [1.54, 1.807) is 0 Å². The van der Waals surface area contributed by atoms with E-state index in [0.717, 1.165) is 51.6 Å². The summed E-state index contributed by atoms with van der Waals surface area (Å²) in [7, 11) is 0. The van der Waals surface area contributed by atoms with Crippen LogP contribution in [0.5, 0.6) is 0 Å². The highest BCUT2D eigenvalue weighted by Gasteiger charge is 2.71. The number of aliphatic hydroxyl groups excluding tert-OH is 1. The second-order valence-corrected chi connectivity index (χ2v) is 17.0. The van der Waals surface area contributed by atoms with Crippen molar-refractivity contribution in [3.8, 4) is 0 Å². The maximum Gasteiger partial charge on any atom is 0.226 e. The van der Waals surface area contributed by atoms with E-state index in [-0.39, 0.29) is 27.8 Å². The van der Waals surface area contributed by atoms with E-state index in [9.17, 15) is 9.90 Å². The first-order valence-corrected chi connectivity index (χ1v) is 17.6. The average Bonchev–Trinajstić information content (AvgIpc) is 3.32. The Labute approximate surface area is 252 Å². The van der Waals surface area contributed by atoms with Gasteiger partial charge < -0.3 is 16.2 Å². The third kappa shape index (κ3) is 4.70. The zero-order chi connectivity index (χ0) is 29.8. The molecule has 0 aromatic carbocycles. The molecule has 4 heteroatoms. The van der Waals surface area contributed by atoms with Gasteiger partial charge in [-0.1, -0.05) is 66.0 Å². The standard InChI is InChI=1S/C37H64N2O2/c1-25(2)26-15-20-37(32(41)39-24-12-10-8-9-11-23-38)22-21-35(6)27(31(26)37)13-14-29-34(5)18-17-30(40)33(3,4)28(34)16-19-36(29,35)7/h26-31,40H,1,8-24,38H2,2-7H3,(H,39,41)/t26-,27?,28?,29?,30-,31?,34-,35+,36+,37-/m0/s1. The van der Waals surface area contributed by atoms with Crippen molar-refractivity contribution in [1.29, 1.82) is 0 Å². The van der Waals surface area contributed by atoms with E-state index in [4.69, 9.17) is 5.73 Å². The third-order valence-electron chi connectivity index (χ3n) is 15.2. The Morgan fingerprint density at radius 2 is 1.54 bits per heavy atom. The predicted octanol–water partition coefficient (Wildman–Crippen LogP) is 8.03. The van der Waals surface area contributed by atoms with Crippen molar-refractivity contribution in [3.63, 3.8) is 0 Å². The summed E-state index contributed by atoms with van der Waals surface area (Å²) < 4.78 is 0. The predicted molar refractivity (Wildman–Crippen MR) is 170 cm³/mol. The molecule has 0 aromatic heterocycles. The van der Waals surface area contributed by atoms with Gasteiger partial charge in [-0.15, -0.1) is 0 Å². The molecule has 0 aromatic rings. The first-order chi connectivity index (χ1) is 19.3. The molecule has 0 aliphatic heterocycles. The number of carbonyl (C=O) groups excluding carboxylic acids is 1. The number of rotatable bonds is 9. The molecule has 5 fully saturated rings. The maximum absolute atomic E-state index is 14.2. The number of unbranched alkanes of at least 4 members (excludes halogenated alkanes) is 4. The van der Waals surface area contributed by atoms with Crippen LogP contribution in [-0.2, 0) is 4.79 Å². The Hall–Kier alpha value is -0.870. The molecule has 4 N–H and O–H groups in total.